The second kappa shape index (κ2) is 5.14. The first-order chi connectivity index (χ1) is 8.50. The van der Waals surface area contributed by atoms with Gasteiger partial charge in [0.1, 0.15) is 0 Å². The molecule has 1 aromatic rings. The number of aromatic nitrogens is 1. The van der Waals surface area contributed by atoms with Crippen molar-refractivity contribution in [2.45, 2.75) is 45.2 Å². The molecule has 0 aliphatic heterocycles. The van der Waals surface area contributed by atoms with Crippen molar-refractivity contribution >= 4 is 0 Å². The van der Waals surface area contributed by atoms with E-state index >= 15 is 0 Å². The van der Waals surface area contributed by atoms with Gasteiger partial charge in [0.2, 0.25) is 5.43 Å². The highest BCUT2D eigenvalue weighted by molar-refractivity contribution is 5.30. The minimum absolute atomic E-state index is 0.0822. The fourth-order valence-electron chi connectivity index (χ4n) is 2.92. The zero-order chi connectivity index (χ0) is 13.3. The third-order valence-electron chi connectivity index (χ3n) is 3.67. The third kappa shape index (κ3) is 2.43. The molecule has 0 saturated heterocycles. The largest absolute Gasteiger partial charge is 0.503 e. The van der Waals surface area contributed by atoms with Crippen LogP contribution in [0.1, 0.15) is 43.1 Å². The van der Waals surface area contributed by atoms with Crippen LogP contribution in [-0.2, 0) is 6.54 Å². The quantitative estimate of drug-likeness (QED) is 0.893. The number of aromatic hydroxyl groups is 1. The fraction of sp³-hybridized carbons (Fsp3) is 0.643. The standard InChI is InChI=1S/C14H22N2O2/c1-10-8-13(17)14(18)12(9-15(2)3)16(10)11-6-4-5-7-11/h8,11,18H,4-7,9H2,1-3H3. The molecule has 18 heavy (non-hydrogen) atoms. The fourth-order valence-corrected chi connectivity index (χ4v) is 2.92. The topological polar surface area (TPSA) is 45.5 Å². The molecule has 1 N–H and O–H groups in total. The Kier molecular flexibility index (Phi) is 3.76. The summed E-state index contributed by atoms with van der Waals surface area (Å²) >= 11 is 0. The van der Waals surface area contributed by atoms with Gasteiger partial charge in [-0.25, -0.2) is 0 Å². The number of rotatable bonds is 3. The highest BCUT2D eigenvalue weighted by Crippen LogP contribution is 2.33. The van der Waals surface area contributed by atoms with Crippen molar-refractivity contribution in [2.75, 3.05) is 14.1 Å². The second-order valence-electron chi connectivity index (χ2n) is 5.49. The normalized spacial score (nSPS) is 16.7. The van der Waals surface area contributed by atoms with Crippen molar-refractivity contribution in [1.29, 1.82) is 0 Å². The van der Waals surface area contributed by atoms with Gasteiger partial charge >= 0.3 is 0 Å². The van der Waals surface area contributed by atoms with Crippen LogP contribution in [0, 0.1) is 6.92 Å². The smallest absolute Gasteiger partial charge is 0.223 e. The Hall–Kier alpha value is -1.29. The van der Waals surface area contributed by atoms with E-state index in [2.05, 4.69) is 4.57 Å². The molecule has 1 saturated carbocycles. The number of pyridine rings is 1. The van der Waals surface area contributed by atoms with Gasteiger partial charge in [-0.15, -0.1) is 0 Å². The first-order valence-electron chi connectivity index (χ1n) is 6.59. The van der Waals surface area contributed by atoms with E-state index in [1.54, 1.807) is 6.07 Å². The molecule has 1 fully saturated rings. The molecule has 0 amide bonds. The number of hydrogen-bond donors (Lipinski definition) is 1. The Morgan fingerprint density at radius 1 is 1.39 bits per heavy atom. The monoisotopic (exact) mass is 250 g/mol. The summed E-state index contributed by atoms with van der Waals surface area (Å²) in [4.78, 5) is 13.7. The van der Waals surface area contributed by atoms with Crippen molar-refractivity contribution in [3.05, 3.63) is 27.7 Å². The van der Waals surface area contributed by atoms with Crippen LogP contribution in [0.5, 0.6) is 5.75 Å². The SMILES string of the molecule is Cc1cc(=O)c(O)c(CN(C)C)n1C1CCCC1. The van der Waals surface area contributed by atoms with E-state index in [0.29, 0.717) is 12.6 Å². The maximum absolute atomic E-state index is 11.7. The minimum Gasteiger partial charge on any atom is -0.503 e. The Labute approximate surface area is 108 Å². The lowest BCUT2D eigenvalue weighted by atomic mass is 10.1. The van der Waals surface area contributed by atoms with Gasteiger partial charge in [0, 0.05) is 24.3 Å². The van der Waals surface area contributed by atoms with Crippen LogP contribution in [-0.4, -0.2) is 28.7 Å². The molecule has 0 unspecified atom stereocenters. The molecule has 1 aliphatic rings. The van der Waals surface area contributed by atoms with Crippen LogP contribution in [0.15, 0.2) is 10.9 Å². The van der Waals surface area contributed by atoms with Gasteiger partial charge in [-0.1, -0.05) is 12.8 Å². The van der Waals surface area contributed by atoms with E-state index in [1.807, 2.05) is 25.9 Å². The molecular formula is C14H22N2O2. The van der Waals surface area contributed by atoms with Crippen molar-refractivity contribution < 1.29 is 5.11 Å². The number of hydrogen-bond acceptors (Lipinski definition) is 3. The zero-order valence-corrected chi connectivity index (χ0v) is 11.4. The summed E-state index contributed by atoms with van der Waals surface area (Å²) in [5.41, 5.74) is 1.46. The van der Waals surface area contributed by atoms with E-state index in [9.17, 15) is 9.90 Å². The van der Waals surface area contributed by atoms with Crippen LogP contribution in [0.2, 0.25) is 0 Å². The molecular weight excluding hydrogens is 228 g/mol. The molecule has 1 heterocycles. The number of aryl methyl sites for hydroxylation is 1. The lowest BCUT2D eigenvalue weighted by Crippen LogP contribution is -2.23. The van der Waals surface area contributed by atoms with E-state index in [-0.39, 0.29) is 11.2 Å². The van der Waals surface area contributed by atoms with Crippen LogP contribution < -0.4 is 5.43 Å². The summed E-state index contributed by atoms with van der Waals surface area (Å²) in [6.07, 6.45) is 4.75. The van der Waals surface area contributed by atoms with E-state index in [4.69, 9.17) is 0 Å². The molecule has 4 nitrogen and oxygen atoms in total. The Balaban J connectivity index is 2.53. The maximum Gasteiger partial charge on any atom is 0.223 e. The van der Waals surface area contributed by atoms with Crippen molar-refractivity contribution in [2.24, 2.45) is 0 Å². The predicted octanol–water partition coefficient (Wildman–Crippen LogP) is 2.04. The molecule has 0 aromatic carbocycles. The molecule has 4 heteroatoms. The van der Waals surface area contributed by atoms with Gasteiger partial charge in [-0.3, -0.25) is 4.79 Å². The van der Waals surface area contributed by atoms with Crippen molar-refractivity contribution in [3.63, 3.8) is 0 Å². The summed E-state index contributed by atoms with van der Waals surface area (Å²) < 4.78 is 2.17. The zero-order valence-electron chi connectivity index (χ0n) is 11.4. The van der Waals surface area contributed by atoms with Crippen LogP contribution in [0.25, 0.3) is 0 Å². The first kappa shape index (κ1) is 13.1. The van der Waals surface area contributed by atoms with Crippen molar-refractivity contribution in [1.82, 2.24) is 9.47 Å². The van der Waals surface area contributed by atoms with Crippen LogP contribution >= 0.6 is 0 Å². The van der Waals surface area contributed by atoms with E-state index in [1.165, 1.54) is 12.8 Å². The summed E-state index contributed by atoms with van der Waals surface area (Å²) in [6, 6.07) is 1.98. The highest BCUT2D eigenvalue weighted by atomic mass is 16.3. The second-order valence-corrected chi connectivity index (χ2v) is 5.49. The van der Waals surface area contributed by atoms with Crippen molar-refractivity contribution in [3.8, 4) is 5.75 Å². The van der Waals surface area contributed by atoms with Gasteiger partial charge in [-0.05, 0) is 33.9 Å². The molecule has 1 aliphatic carbocycles. The lowest BCUT2D eigenvalue weighted by molar-refractivity contribution is 0.348. The maximum atomic E-state index is 11.7. The van der Waals surface area contributed by atoms with Crippen LogP contribution in [0.4, 0.5) is 0 Å². The molecule has 0 atom stereocenters. The van der Waals surface area contributed by atoms with E-state index < -0.39 is 0 Å². The van der Waals surface area contributed by atoms with Gasteiger partial charge in [0.25, 0.3) is 0 Å². The Morgan fingerprint density at radius 2 is 2.00 bits per heavy atom. The van der Waals surface area contributed by atoms with Gasteiger partial charge in [0.05, 0.1) is 5.69 Å². The van der Waals surface area contributed by atoms with Gasteiger partial charge in [0.15, 0.2) is 5.75 Å². The summed E-state index contributed by atoms with van der Waals surface area (Å²) in [6.45, 7) is 2.55. The summed E-state index contributed by atoms with van der Waals surface area (Å²) in [5.74, 6) is -0.0822. The van der Waals surface area contributed by atoms with Gasteiger partial charge in [-0.2, -0.15) is 0 Å². The summed E-state index contributed by atoms with van der Waals surface area (Å²) in [5, 5.41) is 10.1. The molecule has 1 aromatic heterocycles. The predicted molar refractivity (Wildman–Crippen MR) is 72.0 cm³/mol. The lowest BCUT2D eigenvalue weighted by Gasteiger charge is -2.25. The minimum atomic E-state index is -0.265. The highest BCUT2D eigenvalue weighted by Gasteiger charge is 2.23. The molecule has 100 valence electrons. The van der Waals surface area contributed by atoms with Gasteiger partial charge < -0.3 is 14.6 Å². The third-order valence-corrected chi connectivity index (χ3v) is 3.67. The molecule has 0 bridgehead atoms. The first-order valence-corrected chi connectivity index (χ1v) is 6.59. The Bertz CT molecular complexity index is 485. The average molecular weight is 250 g/mol. The number of nitrogens with zero attached hydrogens (tertiary/aromatic N) is 2. The van der Waals surface area contributed by atoms with Crippen LogP contribution in [0.3, 0.4) is 0 Å². The van der Waals surface area contributed by atoms with E-state index in [0.717, 1.165) is 24.2 Å². The molecule has 0 radical (unpaired) electrons. The Morgan fingerprint density at radius 3 is 2.56 bits per heavy atom. The molecule has 0 spiro atoms. The molecule has 2 rings (SSSR count). The summed E-state index contributed by atoms with van der Waals surface area (Å²) in [7, 11) is 3.90. The average Bonchev–Trinajstić information content (AvgIpc) is 2.78.